The number of carbonyl (C=O) groups is 1. The van der Waals surface area contributed by atoms with Crippen LogP contribution in [0.25, 0.3) is 0 Å². The zero-order valence-corrected chi connectivity index (χ0v) is 10.8. The Kier molecular flexibility index (Phi) is 4.36. The fourth-order valence-electron chi connectivity index (χ4n) is 2.49. The molecule has 2 saturated heterocycles. The third-order valence-corrected chi connectivity index (χ3v) is 3.51. The first-order valence-corrected chi connectivity index (χ1v) is 6.51. The largest absolute Gasteiger partial charge is 0.379 e. The van der Waals surface area contributed by atoms with Crippen LogP contribution < -0.4 is 5.32 Å². The zero-order chi connectivity index (χ0) is 12.3. The van der Waals surface area contributed by atoms with Gasteiger partial charge in [-0.1, -0.05) is 13.8 Å². The molecule has 1 N–H and O–H groups in total. The van der Waals surface area contributed by atoms with E-state index >= 15 is 0 Å². The first-order chi connectivity index (χ1) is 8.18. The summed E-state index contributed by atoms with van der Waals surface area (Å²) in [7, 11) is 0. The Morgan fingerprint density at radius 2 is 2.06 bits per heavy atom. The molecule has 2 fully saturated rings. The van der Waals surface area contributed by atoms with E-state index in [0.717, 1.165) is 39.4 Å². The van der Waals surface area contributed by atoms with E-state index in [2.05, 4.69) is 24.1 Å². The van der Waals surface area contributed by atoms with Gasteiger partial charge >= 0.3 is 0 Å². The van der Waals surface area contributed by atoms with Crippen molar-refractivity contribution in [3.63, 3.8) is 0 Å². The molecule has 0 aromatic carbocycles. The molecule has 1 atom stereocenters. The van der Waals surface area contributed by atoms with Gasteiger partial charge in [0.15, 0.2) is 0 Å². The van der Waals surface area contributed by atoms with E-state index in [0.29, 0.717) is 12.5 Å². The maximum Gasteiger partial charge on any atom is 0.237 e. The highest BCUT2D eigenvalue weighted by atomic mass is 16.5. The van der Waals surface area contributed by atoms with Gasteiger partial charge in [0.2, 0.25) is 5.91 Å². The van der Waals surface area contributed by atoms with Gasteiger partial charge in [-0.2, -0.15) is 0 Å². The lowest BCUT2D eigenvalue weighted by atomic mass is 10.1. The molecule has 5 heteroatoms. The summed E-state index contributed by atoms with van der Waals surface area (Å²) in [4.78, 5) is 16.1. The second kappa shape index (κ2) is 5.80. The van der Waals surface area contributed by atoms with Crippen molar-refractivity contribution in [3.8, 4) is 0 Å². The fourth-order valence-corrected chi connectivity index (χ4v) is 2.49. The summed E-state index contributed by atoms with van der Waals surface area (Å²) >= 11 is 0. The van der Waals surface area contributed by atoms with Crippen molar-refractivity contribution in [1.29, 1.82) is 0 Å². The minimum atomic E-state index is 0.212. The number of amides is 1. The monoisotopic (exact) mass is 241 g/mol. The van der Waals surface area contributed by atoms with E-state index in [4.69, 9.17) is 4.74 Å². The molecule has 2 aliphatic rings. The van der Waals surface area contributed by atoms with Crippen LogP contribution in [0.3, 0.4) is 0 Å². The molecule has 0 bridgehead atoms. The van der Waals surface area contributed by atoms with Crippen LogP contribution in [0.2, 0.25) is 0 Å². The molecule has 1 unspecified atom stereocenters. The Morgan fingerprint density at radius 1 is 1.35 bits per heavy atom. The molecule has 2 heterocycles. The minimum absolute atomic E-state index is 0.212. The van der Waals surface area contributed by atoms with Crippen molar-refractivity contribution in [3.05, 3.63) is 0 Å². The maximum absolute atomic E-state index is 11.8. The summed E-state index contributed by atoms with van der Waals surface area (Å²) in [5.41, 5.74) is 0. The number of hydrogen-bond donors (Lipinski definition) is 1. The number of morpholine rings is 1. The molecule has 1 amide bonds. The number of ether oxygens (including phenoxy) is 1. The van der Waals surface area contributed by atoms with Gasteiger partial charge < -0.3 is 9.64 Å². The molecule has 2 rings (SSSR count). The number of carbonyl (C=O) groups excluding carboxylic acids is 1. The number of nitrogens with one attached hydrogen (secondary N) is 1. The molecule has 17 heavy (non-hydrogen) atoms. The quantitative estimate of drug-likeness (QED) is 0.736. The smallest absolute Gasteiger partial charge is 0.237 e. The predicted octanol–water partition coefficient (Wildman–Crippen LogP) is -0.267. The molecule has 98 valence electrons. The first-order valence-electron chi connectivity index (χ1n) is 6.51. The number of nitrogens with zero attached hydrogens (tertiary/aromatic N) is 2. The highest BCUT2D eigenvalue weighted by molar-refractivity contribution is 5.80. The van der Waals surface area contributed by atoms with Crippen molar-refractivity contribution in [1.82, 2.24) is 15.1 Å². The molecule has 0 radical (unpaired) electrons. The molecule has 0 aromatic heterocycles. The Morgan fingerprint density at radius 3 is 2.71 bits per heavy atom. The van der Waals surface area contributed by atoms with Crippen molar-refractivity contribution >= 4 is 5.91 Å². The van der Waals surface area contributed by atoms with Crippen LogP contribution in [0.4, 0.5) is 0 Å². The van der Waals surface area contributed by atoms with Crippen LogP contribution in [-0.4, -0.2) is 67.8 Å². The SMILES string of the molecule is CC(C)C1NCC(=O)N1CCN1CCOCC1. The van der Waals surface area contributed by atoms with Gasteiger partial charge in [-0.25, -0.2) is 0 Å². The van der Waals surface area contributed by atoms with Gasteiger partial charge in [-0.15, -0.1) is 0 Å². The minimum Gasteiger partial charge on any atom is -0.379 e. The second-order valence-electron chi connectivity index (χ2n) is 5.11. The molecule has 0 aliphatic carbocycles. The average molecular weight is 241 g/mol. The van der Waals surface area contributed by atoms with Crippen LogP contribution >= 0.6 is 0 Å². The Hall–Kier alpha value is -0.650. The van der Waals surface area contributed by atoms with Crippen LogP contribution in [0.5, 0.6) is 0 Å². The zero-order valence-electron chi connectivity index (χ0n) is 10.8. The highest BCUT2D eigenvalue weighted by Crippen LogP contribution is 2.13. The van der Waals surface area contributed by atoms with Gasteiger partial charge in [0.1, 0.15) is 0 Å². The van der Waals surface area contributed by atoms with Crippen molar-refractivity contribution in [2.24, 2.45) is 5.92 Å². The third kappa shape index (κ3) is 3.18. The summed E-state index contributed by atoms with van der Waals surface area (Å²) in [6.07, 6.45) is 0.212. The van der Waals surface area contributed by atoms with E-state index in [1.807, 2.05) is 4.90 Å². The Labute approximate surface area is 103 Å². The van der Waals surface area contributed by atoms with Gasteiger partial charge in [-0.05, 0) is 5.92 Å². The Balaban J connectivity index is 1.81. The van der Waals surface area contributed by atoms with Gasteiger partial charge in [0, 0.05) is 26.2 Å². The predicted molar refractivity (Wildman–Crippen MR) is 65.6 cm³/mol. The highest BCUT2D eigenvalue weighted by Gasteiger charge is 2.32. The summed E-state index contributed by atoms with van der Waals surface area (Å²) < 4.78 is 5.32. The van der Waals surface area contributed by atoms with Crippen LogP contribution in [0.15, 0.2) is 0 Å². The van der Waals surface area contributed by atoms with Crippen molar-refractivity contribution in [2.75, 3.05) is 45.9 Å². The van der Waals surface area contributed by atoms with E-state index in [9.17, 15) is 4.79 Å². The lowest BCUT2D eigenvalue weighted by Crippen LogP contribution is -2.46. The second-order valence-corrected chi connectivity index (χ2v) is 5.11. The third-order valence-electron chi connectivity index (χ3n) is 3.51. The van der Waals surface area contributed by atoms with E-state index in [-0.39, 0.29) is 12.1 Å². The molecule has 5 nitrogen and oxygen atoms in total. The van der Waals surface area contributed by atoms with Crippen molar-refractivity contribution < 1.29 is 9.53 Å². The van der Waals surface area contributed by atoms with Crippen molar-refractivity contribution in [2.45, 2.75) is 20.0 Å². The summed E-state index contributed by atoms with van der Waals surface area (Å²) in [6, 6.07) is 0. The lowest BCUT2D eigenvalue weighted by molar-refractivity contribution is -0.128. The molecule has 0 aromatic rings. The maximum atomic E-state index is 11.8. The van der Waals surface area contributed by atoms with Crippen LogP contribution in [0, 0.1) is 5.92 Å². The molecule has 0 saturated carbocycles. The molecular formula is C12H23N3O2. The standard InChI is InChI=1S/C12H23N3O2/c1-10(2)12-13-9-11(16)15(12)4-3-14-5-7-17-8-6-14/h10,12-13H,3-9H2,1-2H3. The fraction of sp³-hybridized carbons (Fsp3) is 0.917. The average Bonchev–Trinajstić information content (AvgIpc) is 2.69. The number of hydrogen-bond acceptors (Lipinski definition) is 4. The normalized spacial score (nSPS) is 27.1. The Bertz CT molecular complexity index is 264. The van der Waals surface area contributed by atoms with E-state index in [1.54, 1.807) is 0 Å². The summed E-state index contributed by atoms with van der Waals surface area (Å²) in [6.45, 7) is 10.2. The van der Waals surface area contributed by atoms with Gasteiger partial charge in [0.25, 0.3) is 0 Å². The van der Waals surface area contributed by atoms with E-state index < -0.39 is 0 Å². The molecule has 0 spiro atoms. The van der Waals surface area contributed by atoms with Crippen LogP contribution in [0.1, 0.15) is 13.8 Å². The van der Waals surface area contributed by atoms with Gasteiger partial charge in [-0.3, -0.25) is 15.0 Å². The number of rotatable bonds is 4. The topological polar surface area (TPSA) is 44.8 Å². The van der Waals surface area contributed by atoms with Crippen LogP contribution in [-0.2, 0) is 9.53 Å². The van der Waals surface area contributed by atoms with Gasteiger partial charge in [0.05, 0.1) is 25.9 Å². The summed E-state index contributed by atoms with van der Waals surface area (Å²) in [5, 5.41) is 3.28. The lowest BCUT2D eigenvalue weighted by Gasteiger charge is -2.32. The van der Waals surface area contributed by atoms with E-state index in [1.165, 1.54) is 0 Å². The first kappa shape index (κ1) is 12.8. The summed E-state index contributed by atoms with van der Waals surface area (Å²) in [5.74, 6) is 0.697. The molecule has 2 aliphatic heterocycles. The molecular weight excluding hydrogens is 218 g/mol.